The zero-order chi connectivity index (χ0) is 25.8. The van der Waals surface area contributed by atoms with Crippen molar-refractivity contribution in [3.63, 3.8) is 0 Å². The molecule has 1 saturated heterocycles. The third kappa shape index (κ3) is 6.53. The number of rotatable bonds is 4. The molecule has 9 nitrogen and oxygen atoms in total. The highest BCUT2D eigenvalue weighted by Gasteiger charge is 2.39. The van der Waals surface area contributed by atoms with E-state index in [2.05, 4.69) is 37.4 Å². The molecule has 1 aromatic carbocycles. The molecule has 3 aromatic rings. The number of aromatic amines is 1. The number of alkyl halides is 3. The summed E-state index contributed by atoms with van der Waals surface area (Å²) < 4.78 is 38.0. The van der Waals surface area contributed by atoms with E-state index in [0.717, 1.165) is 23.2 Å². The minimum absolute atomic E-state index is 0. The molecule has 0 unspecified atom stereocenters. The van der Waals surface area contributed by atoms with Crippen molar-refractivity contribution in [1.29, 1.82) is 0 Å². The zero-order valence-corrected chi connectivity index (χ0v) is 20.0. The largest absolute Gasteiger partial charge is 0.492 e. The van der Waals surface area contributed by atoms with Crippen LogP contribution < -0.4 is 5.32 Å². The van der Waals surface area contributed by atoms with E-state index in [4.69, 9.17) is 14.6 Å². The third-order valence-corrected chi connectivity index (χ3v) is 5.51. The van der Waals surface area contributed by atoms with Crippen LogP contribution in [0.25, 0.3) is 11.6 Å². The van der Waals surface area contributed by atoms with Gasteiger partial charge in [0, 0.05) is 43.1 Å². The smallest absolute Gasteiger partial charge is 0.490 e. The van der Waals surface area contributed by atoms with Crippen molar-refractivity contribution in [2.45, 2.75) is 18.2 Å². The van der Waals surface area contributed by atoms with Crippen molar-refractivity contribution in [2.24, 2.45) is 4.99 Å². The maximum Gasteiger partial charge on any atom is 0.490 e. The standard InChI is InChI=1S/C22H21N5O2.C2HF3O2.ClH/c28-20-18(11-16-13-25-19-17(16)7-4-8-24-19)26-21(27-20)22(14-23-9-10-29-22)12-15-5-2-1-3-6-15;3-2(4,5)1(6)7;/h1-8,11,13,23,28H,9-10,12,14H2,(H,26,27);(H,6,7);1H/t22-;;/m1../s1. The summed E-state index contributed by atoms with van der Waals surface area (Å²) in [5, 5.41) is 21.1. The summed E-state index contributed by atoms with van der Waals surface area (Å²) in [6, 6.07) is 14.0. The number of nitrogens with one attached hydrogen (secondary N) is 2. The van der Waals surface area contributed by atoms with E-state index in [1.807, 2.05) is 36.4 Å². The van der Waals surface area contributed by atoms with Crippen molar-refractivity contribution in [2.75, 3.05) is 19.7 Å². The number of morpholine rings is 1. The van der Waals surface area contributed by atoms with Crippen molar-refractivity contribution >= 4 is 42.1 Å². The highest BCUT2D eigenvalue weighted by atomic mass is 35.5. The van der Waals surface area contributed by atoms with Crippen LogP contribution in [0.4, 0.5) is 19.0 Å². The van der Waals surface area contributed by atoms with Crippen LogP contribution in [0.5, 0.6) is 5.88 Å². The number of pyridine rings is 1. The second kappa shape index (κ2) is 11.5. The van der Waals surface area contributed by atoms with Gasteiger partial charge in [-0.2, -0.15) is 18.2 Å². The van der Waals surface area contributed by atoms with E-state index in [9.17, 15) is 18.3 Å². The van der Waals surface area contributed by atoms with Gasteiger partial charge >= 0.3 is 12.1 Å². The number of benzene rings is 1. The lowest BCUT2D eigenvalue weighted by Gasteiger charge is -2.36. The second-order valence-electron chi connectivity index (χ2n) is 8.04. The molecule has 5 rings (SSSR count). The molecule has 0 aliphatic carbocycles. The fourth-order valence-corrected chi connectivity index (χ4v) is 3.82. The first kappa shape index (κ1) is 27.8. The van der Waals surface area contributed by atoms with Gasteiger partial charge in [0.2, 0.25) is 5.88 Å². The summed E-state index contributed by atoms with van der Waals surface area (Å²) >= 11 is 0. The molecule has 0 spiro atoms. The Hall–Kier alpha value is -3.74. The van der Waals surface area contributed by atoms with Crippen LogP contribution in [0.1, 0.15) is 22.6 Å². The van der Waals surface area contributed by atoms with Crippen LogP contribution in [0.15, 0.2) is 53.7 Å². The summed E-state index contributed by atoms with van der Waals surface area (Å²) in [5.74, 6) is -1.52. The molecular weight excluding hydrogens is 515 g/mol. The van der Waals surface area contributed by atoms with Gasteiger partial charge in [-0.3, -0.25) is 0 Å². The summed E-state index contributed by atoms with van der Waals surface area (Å²) in [7, 11) is 0. The fourth-order valence-electron chi connectivity index (χ4n) is 3.82. The van der Waals surface area contributed by atoms with E-state index in [1.54, 1.807) is 12.4 Å². The van der Waals surface area contributed by atoms with Gasteiger partial charge < -0.3 is 25.3 Å². The molecule has 4 N–H and O–H groups in total. The molecule has 0 amide bonds. The lowest BCUT2D eigenvalue weighted by Crippen LogP contribution is -2.49. The maximum absolute atomic E-state index is 10.6. The predicted octanol–water partition coefficient (Wildman–Crippen LogP) is 3.88. The first-order valence-corrected chi connectivity index (χ1v) is 10.9. The fraction of sp³-hybridized carbons (Fsp3) is 0.250. The molecule has 1 fully saturated rings. The van der Waals surface area contributed by atoms with Crippen molar-refractivity contribution in [1.82, 2.24) is 20.3 Å². The average molecular weight is 538 g/mol. The summed E-state index contributed by atoms with van der Waals surface area (Å²) in [6.07, 6.45) is 0.870. The number of aromatic nitrogens is 3. The molecule has 2 aromatic heterocycles. The topological polar surface area (TPSA) is 133 Å². The number of carbonyl (C=O) groups is 1. The van der Waals surface area contributed by atoms with Gasteiger partial charge in [-0.15, -0.1) is 12.4 Å². The Morgan fingerprint density at radius 1 is 1.19 bits per heavy atom. The number of aliphatic imine (C=N–C) groups is 1. The molecule has 196 valence electrons. The molecule has 0 saturated carbocycles. The molecule has 1 atom stereocenters. The third-order valence-electron chi connectivity index (χ3n) is 5.51. The Morgan fingerprint density at radius 2 is 1.92 bits per heavy atom. The van der Waals surface area contributed by atoms with Gasteiger partial charge in [0.15, 0.2) is 5.82 Å². The SMILES string of the molecule is Cl.O=C(O)C(F)(F)F.Oc1nc([C@@]2(Cc3ccccc3)CNCCO2)[nH]c1C=C1C=Nc2ncccc21. The van der Waals surface area contributed by atoms with Crippen molar-refractivity contribution in [3.8, 4) is 5.88 Å². The van der Waals surface area contributed by atoms with Crippen molar-refractivity contribution in [3.05, 3.63) is 71.3 Å². The minimum atomic E-state index is -5.08. The first-order chi connectivity index (χ1) is 17.2. The number of carboxylic acids is 1. The van der Waals surface area contributed by atoms with E-state index >= 15 is 0 Å². The van der Waals surface area contributed by atoms with Crippen LogP contribution in [0.2, 0.25) is 0 Å². The second-order valence-corrected chi connectivity index (χ2v) is 8.04. The summed E-state index contributed by atoms with van der Waals surface area (Å²) in [4.78, 5) is 25.2. The molecule has 37 heavy (non-hydrogen) atoms. The highest BCUT2D eigenvalue weighted by Crippen LogP contribution is 2.34. The van der Waals surface area contributed by atoms with Gasteiger partial charge in [0.25, 0.3) is 0 Å². The Bertz CT molecular complexity index is 1290. The lowest BCUT2D eigenvalue weighted by atomic mass is 9.92. The normalized spacial score (nSPS) is 19.5. The Kier molecular flexibility index (Phi) is 8.69. The van der Waals surface area contributed by atoms with Crippen LogP contribution >= 0.6 is 12.4 Å². The Morgan fingerprint density at radius 3 is 2.57 bits per heavy atom. The molecule has 0 radical (unpaired) electrons. The molecule has 4 heterocycles. The van der Waals surface area contributed by atoms with Crippen LogP contribution in [0.3, 0.4) is 0 Å². The number of aliphatic carboxylic acids is 1. The molecule has 2 aliphatic rings. The van der Waals surface area contributed by atoms with Gasteiger partial charge in [0.1, 0.15) is 17.1 Å². The number of hydrogen-bond acceptors (Lipinski definition) is 7. The van der Waals surface area contributed by atoms with Crippen molar-refractivity contribution < 1.29 is 32.9 Å². The summed E-state index contributed by atoms with van der Waals surface area (Å²) in [5.41, 5.74) is 2.81. The van der Waals surface area contributed by atoms with Crippen LogP contribution in [0, 0.1) is 0 Å². The molecule has 0 bridgehead atoms. The van der Waals surface area contributed by atoms with E-state index in [1.165, 1.54) is 0 Å². The maximum atomic E-state index is 10.6. The van der Waals surface area contributed by atoms with E-state index < -0.39 is 17.7 Å². The van der Waals surface area contributed by atoms with E-state index in [-0.39, 0.29) is 18.3 Å². The van der Waals surface area contributed by atoms with E-state index in [0.29, 0.717) is 36.9 Å². The molecular formula is C24H23ClF3N5O4. The summed E-state index contributed by atoms with van der Waals surface area (Å²) in [6.45, 7) is 1.98. The minimum Gasteiger partial charge on any atom is -0.492 e. The highest BCUT2D eigenvalue weighted by molar-refractivity contribution is 6.20. The predicted molar refractivity (Wildman–Crippen MR) is 132 cm³/mol. The number of halogens is 4. The molecule has 2 aliphatic heterocycles. The average Bonchev–Trinajstić information content (AvgIpc) is 3.44. The van der Waals surface area contributed by atoms with Gasteiger partial charge in [-0.25, -0.2) is 14.8 Å². The van der Waals surface area contributed by atoms with Gasteiger partial charge in [-0.05, 0) is 23.8 Å². The van der Waals surface area contributed by atoms with Crippen LogP contribution in [-0.4, -0.2) is 63.2 Å². The van der Waals surface area contributed by atoms with Gasteiger partial charge in [-0.1, -0.05) is 30.3 Å². The number of imidazole rings is 1. The quantitative estimate of drug-likeness (QED) is 0.397. The monoisotopic (exact) mass is 537 g/mol. The number of fused-ring (bicyclic) bond motifs is 1. The number of allylic oxidation sites excluding steroid dienone is 1. The Labute approximate surface area is 215 Å². The zero-order valence-electron chi connectivity index (χ0n) is 19.2. The Balaban J connectivity index is 0.000000422. The number of nitrogens with zero attached hydrogens (tertiary/aromatic N) is 3. The van der Waals surface area contributed by atoms with Crippen LogP contribution in [-0.2, 0) is 21.6 Å². The first-order valence-electron chi connectivity index (χ1n) is 10.9. The number of carboxylic acid groups (broad SMARTS) is 1. The number of ether oxygens (including phenoxy) is 1. The number of hydrogen-bond donors (Lipinski definition) is 4. The van der Waals surface area contributed by atoms with Gasteiger partial charge in [0.05, 0.1) is 6.61 Å². The lowest BCUT2D eigenvalue weighted by molar-refractivity contribution is -0.192. The number of H-pyrrole nitrogens is 1. The number of aromatic hydroxyl groups is 1. The molecule has 13 heteroatoms.